The summed E-state index contributed by atoms with van der Waals surface area (Å²) in [4.78, 5) is 24.2. The molecule has 0 aliphatic rings. The van der Waals surface area contributed by atoms with Gasteiger partial charge in [-0.3, -0.25) is 9.59 Å². The van der Waals surface area contributed by atoms with Crippen LogP contribution in [0.4, 0.5) is 0 Å². The third-order valence-electron chi connectivity index (χ3n) is 4.97. The topological polar surface area (TPSA) is 98.2 Å². The number of nitrogens with zero attached hydrogens (tertiary/aromatic N) is 1. The zero-order valence-corrected chi connectivity index (χ0v) is 21.7. The Labute approximate surface area is 218 Å². The van der Waals surface area contributed by atoms with E-state index in [1.165, 1.54) is 6.21 Å². The summed E-state index contributed by atoms with van der Waals surface area (Å²) in [6.45, 7) is 2.97. The molecule has 0 atom stereocenters. The van der Waals surface area contributed by atoms with Crippen molar-refractivity contribution < 1.29 is 23.8 Å². The van der Waals surface area contributed by atoms with Gasteiger partial charge in [0.2, 0.25) is 5.91 Å². The monoisotopic (exact) mass is 553 g/mol. The molecule has 3 rings (SSSR count). The fraction of sp³-hybridized carbons (Fsp3) is 0.222. The van der Waals surface area contributed by atoms with Crippen LogP contribution in [0.15, 0.2) is 76.3 Å². The Balaban J connectivity index is 1.46. The Kier molecular flexibility index (Phi) is 10.3. The molecule has 8 nitrogen and oxygen atoms in total. The number of carbonyl (C=O) groups excluding carboxylic acids is 2. The summed E-state index contributed by atoms with van der Waals surface area (Å²) in [7, 11) is 1.56. The van der Waals surface area contributed by atoms with Gasteiger partial charge in [0.1, 0.15) is 12.4 Å². The van der Waals surface area contributed by atoms with Crippen molar-refractivity contribution in [2.75, 3.05) is 20.3 Å². The molecule has 0 spiro atoms. The van der Waals surface area contributed by atoms with Gasteiger partial charge < -0.3 is 19.5 Å². The molecule has 0 saturated carbocycles. The van der Waals surface area contributed by atoms with Crippen LogP contribution in [0.5, 0.6) is 17.2 Å². The molecule has 0 radical (unpaired) electrons. The molecule has 0 fully saturated rings. The minimum Gasteiger partial charge on any atom is -0.497 e. The predicted octanol–water partition coefficient (Wildman–Crippen LogP) is 4.71. The first-order chi connectivity index (χ1) is 17.5. The first kappa shape index (κ1) is 26.7. The summed E-state index contributed by atoms with van der Waals surface area (Å²) in [5, 5.41) is 6.70. The predicted molar refractivity (Wildman–Crippen MR) is 142 cm³/mol. The molecule has 3 aromatic rings. The van der Waals surface area contributed by atoms with Gasteiger partial charge in [0.05, 0.1) is 19.9 Å². The third-order valence-corrected chi connectivity index (χ3v) is 5.50. The first-order valence-electron chi connectivity index (χ1n) is 11.4. The maximum atomic E-state index is 12.1. The van der Waals surface area contributed by atoms with Crippen LogP contribution in [0.3, 0.4) is 0 Å². The average Bonchev–Trinajstić information content (AvgIpc) is 2.89. The van der Waals surface area contributed by atoms with Crippen LogP contribution in [-0.2, 0) is 11.4 Å². The number of hydrogen-bond donors (Lipinski definition) is 2. The SMILES string of the molecule is CCOc1cc(C=NNC(=O)CCNC(=O)c2ccc(OC)cc2)ccc1OCc1ccc(Br)cc1. The molecule has 0 unspecified atom stereocenters. The molecular formula is C27H28BrN3O5. The lowest BCUT2D eigenvalue weighted by Crippen LogP contribution is -2.29. The van der Waals surface area contributed by atoms with Gasteiger partial charge in [-0.2, -0.15) is 5.10 Å². The van der Waals surface area contributed by atoms with Crippen LogP contribution in [0.1, 0.15) is 34.8 Å². The Morgan fingerprint density at radius 3 is 2.42 bits per heavy atom. The number of hydrazone groups is 1. The van der Waals surface area contributed by atoms with E-state index in [0.717, 1.165) is 15.6 Å². The number of halogens is 1. The molecule has 2 N–H and O–H groups in total. The number of benzene rings is 3. The summed E-state index contributed by atoms with van der Waals surface area (Å²) in [6.07, 6.45) is 1.61. The number of methoxy groups -OCH3 is 1. The van der Waals surface area contributed by atoms with Crippen LogP contribution < -0.4 is 25.0 Å². The summed E-state index contributed by atoms with van der Waals surface area (Å²) < 4.78 is 17.7. The van der Waals surface area contributed by atoms with Gasteiger partial charge in [-0.15, -0.1) is 0 Å². The fourth-order valence-electron chi connectivity index (χ4n) is 3.10. The molecule has 0 heterocycles. The van der Waals surface area contributed by atoms with Crippen molar-refractivity contribution in [2.24, 2.45) is 5.10 Å². The van der Waals surface area contributed by atoms with Gasteiger partial charge in [-0.05, 0) is 72.6 Å². The normalized spacial score (nSPS) is 10.6. The minimum atomic E-state index is -0.319. The zero-order valence-electron chi connectivity index (χ0n) is 20.1. The number of rotatable bonds is 12. The van der Waals surface area contributed by atoms with E-state index >= 15 is 0 Å². The standard InChI is InChI=1S/C27H28BrN3O5/c1-3-35-25-16-20(6-13-24(25)36-18-19-4-9-22(28)10-5-19)17-30-31-26(32)14-15-29-27(33)21-7-11-23(34-2)12-8-21/h4-13,16-17H,3,14-15,18H2,1-2H3,(H,29,33)(H,31,32). The summed E-state index contributed by atoms with van der Waals surface area (Å²) in [5.74, 6) is 1.29. The maximum absolute atomic E-state index is 12.1. The van der Waals surface area contributed by atoms with E-state index in [0.29, 0.717) is 36.0 Å². The highest BCUT2D eigenvalue weighted by Crippen LogP contribution is 2.29. The molecule has 0 saturated heterocycles. The lowest BCUT2D eigenvalue weighted by molar-refractivity contribution is -0.120. The van der Waals surface area contributed by atoms with E-state index in [-0.39, 0.29) is 24.8 Å². The second-order valence-electron chi connectivity index (χ2n) is 7.58. The molecule has 9 heteroatoms. The molecule has 0 aromatic heterocycles. The molecule has 0 aliphatic heterocycles. The molecule has 188 valence electrons. The van der Waals surface area contributed by atoms with Crippen molar-refractivity contribution in [1.29, 1.82) is 0 Å². The van der Waals surface area contributed by atoms with E-state index in [9.17, 15) is 9.59 Å². The second-order valence-corrected chi connectivity index (χ2v) is 8.50. The van der Waals surface area contributed by atoms with Gasteiger partial charge in [-0.25, -0.2) is 5.43 Å². The van der Waals surface area contributed by atoms with Crippen molar-refractivity contribution in [1.82, 2.24) is 10.7 Å². The van der Waals surface area contributed by atoms with Crippen LogP contribution in [0, 0.1) is 0 Å². The Morgan fingerprint density at radius 1 is 0.972 bits per heavy atom. The van der Waals surface area contributed by atoms with Crippen molar-refractivity contribution >= 4 is 34.0 Å². The average molecular weight is 554 g/mol. The van der Waals surface area contributed by atoms with E-state index in [4.69, 9.17) is 14.2 Å². The largest absolute Gasteiger partial charge is 0.497 e. The highest BCUT2D eigenvalue weighted by Gasteiger charge is 2.08. The fourth-order valence-corrected chi connectivity index (χ4v) is 3.37. The Morgan fingerprint density at radius 2 is 1.72 bits per heavy atom. The van der Waals surface area contributed by atoms with Crippen molar-refractivity contribution in [3.63, 3.8) is 0 Å². The quantitative estimate of drug-likeness (QED) is 0.250. The van der Waals surface area contributed by atoms with Gasteiger partial charge in [-0.1, -0.05) is 28.1 Å². The first-order valence-corrected chi connectivity index (χ1v) is 12.2. The zero-order chi connectivity index (χ0) is 25.8. The van der Waals surface area contributed by atoms with Crippen LogP contribution in [0.25, 0.3) is 0 Å². The highest BCUT2D eigenvalue weighted by molar-refractivity contribution is 9.10. The van der Waals surface area contributed by atoms with Crippen molar-refractivity contribution in [2.45, 2.75) is 20.0 Å². The highest BCUT2D eigenvalue weighted by atomic mass is 79.9. The molecular weight excluding hydrogens is 526 g/mol. The van der Waals surface area contributed by atoms with E-state index in [1.54, 1.807) is 37.4 Å². The Bertz CT molecular complexity index is 1180. The number of carbonyl (C=O) groups is 2. The minimum absolute atomic E-state index is 0.0895. The van der Waals surface area contributed by atoms with E-state index in [2.05, 4.69) is 31.8 Å². The smallest absolute Gasteiger partial charge is 0.251 e. The van der Waals surface area contributed by atoms with Crippen molar-refractivity contribution in [3.05, 3.63) is 87.9 Å². The summed E-state index contributed by atoms with van der Waals surface area (Å²) in [6, 6.07) is 20.0. The molecule has 36 heavy (non-hydrogen) atoms. The maximum Gasteiger partial charge on any atom is 0.251 e. The van der Waals surface area contributed by atoms with Gasteiger partial charge in [0, 0.05) is 23.0 Å². The summed E-state index contributed by atoms with van der Waals surface area (Å²) >= 11 is 3.42. The van der Waals surface area contributed by atoms with Gasteiger partial charge in [0.15, 0.2) is 11.5 Å². The number of hydrogen-bond acceptors (Lipinski definition) is 6. The second kappa shape index (κ2) is 13.9. The third kappa shape index (κ3) is 8.42. The van der Waals surface area contributed by atoms with Gasteiger partial charge in [0.25, 0.3) is 5.91 Å². The molecule has 0 bridgehead atoms. The van der Waals surface area contributed by atoms with Crippen LogP contribution >= 0.6 is 15.9 Å². The lowest BCUT2D eigenvalue weighted by atomic mass is 10.2. The van der Waals surface area contributed by atoms with E-state index in [1.807, 2.05) is 43.3 Å². The van der Waals surface area contributed by atoms with Crippen molar-refractivity contribution in [3.8, 4) is 17.2 Å². The van der Waals surface area contributed by atoms with Crippen LogP contribution in [-0.4, -0.2) is 38.3 Å². The summed E-state index contributed by atoms with van der Waals surface area (Å²) in [5.41, 5.74) is 4.73. The van der Waals surface area contributed by atoms with Crippen LogP contribution in [0.2, 0.25) is 0 Å². The molecule has 0 aliphatic carbocycles. The number of amides is 2. The molecule has 3 aromatic carbocycles. The number of ether oxygens (including phenoxy) is 3. The van der Waals surface area contributed by atoms with Gasteiger partial charge >= 0.3 is 0 Å². The molecule has 2 amide bonds. The Hall–Kier alpha value is -3.85. The lowest BCUT2D eigenvalue weighted by Gasteiger charge is -2.12. The van der Waals surface area contributed by atoms with E-state index < -0.39 is 0 Å². The number of nitrogens with one attached hydrogen (secondary N) is 2.